The van der Waals surface area contributed by atoms with Gasteiger partial charge in [0.15, 0.2) is 0 Å². The Labute approximate surface area is 226 Å². The molecule has 0 unspecified atom stereocenters. The molecule has 38 heavy (non-hydrogen) atoms. The predicted molar refractivity (Wildman–Crippen MR) is 151 cm³/mol. The van der Waals surface area contributed by atoms with Crippen molar-refractivity contribution in [3.8, 4) is 0 Å². The third-order valence-corrected chi connectivity index (χ3v) is 7.19. The zero-order chi connectivity index (χ0) is 27.8. The van der Waals surface area contributed by atoms with Crippen molar-refractivity contribution in [1.29, 1.82) is 0 Å². The highest BCUT2D eigenvalue weighted by molar-refractivity contribution is 8.18. The van der Waals surface area contributed by atoms with Gasteiger partial charge in [0, 0.05) is 37.6 Å². The van der Waals surface area contributed by atoms with Gasteiger partial charge in [0.1, 0.15) is 22.2 Å². The van der Waals surface area contributed by atoms with Gasteiger partial charge >= 0.3 is 0 Å². The summed E-state index contributed by atoms with van der Waals surface area (Å²) < 4.78 is 13.7. The number of hydrogen-bond acceptors (Lipinski definition) is 7. The summed E-state index contributed by atoms with van der Waals surface area (Å²) in [6.07, 6.45) is 1.68. The van der Waals surface area contributed by atoms with E-state index < -0.39 is 11.7 Å². The van der Waals surface area contributed by atoms with Gasteiger partial charge in [-0.2, -0.15) is 0 Å². The summed E-state index contributed by atoms with van der Waals surface area (Å²) in [5, 5.41) is 16.9. The van der Waals surface area contributed by atoms with Crippen molar-refractivity contribution < 1.29 is 19.1 Å². The number of carbonyl (C=O) groups is 2. The van der Waals surface area contributed by atoms with E-state index in [1.807, 2.05) is 13.8 Å². The van der Waals surface area contributed by atoms with Crippen molar-refractivity contribution in [2.45, 2.75) is 27.7 Å². The average molecular weight is 543 g/mol. The number of carbonyl (C=O) groups excluding carboxylic acids is 2. The number of nitrogens with two attached hydrogens (primary N) is 1. The lowest BCUT2D eigenvalue weighted by atomic mass is 10.1. The highest BCUT2D eigenvalue weighted by atomic mass is 32.2. The van der Waals surface area contributed by atoms with Crippen LogP contribution in [0.1, 0.15) is 41.2 Å². The number of H-pyrrole nitrogens is 1. The zero-order valence-corrected chi connectivity index (χ0v) is 23.0. The number of hydrogen-bond donors (Lipinski definition) is 5. The molecule has 3 rings (SSSR count). The molecule has 1 aliphatic rings. The number of aromatic amines is 1. The maximum absolute atomic E-state index is 13.7. The SMILES string of the molecule is CCN(CC)CCNC(=O)c1c(C)[nH]c(/C=C2\SC(=Nc3cccc(F)c3)C(C(=O)NCCN)=C2O)c1C. The lowest BCUT2D eigenvalue weighted by Gasteiger charge is -2.18. The normalized spacial score (nSPS) is 15.7. The maximum atomic E-state index is 13.7. The highest BCUT2D eigenvalue weighted by Crippen LogP contribution is 2.40. The molecule has 2 heterocycles. The molecule has 6 N–H and O–H groups in total. The van der Waals surface area contributed by atoms with Crippen LogP contribution in [-0.2, 0) is 4.79 Å². The van der Waals surface area contributed by atoms with Crippen molar-refractivity contribution in [3.05, 3.63) is 68.8 Å². The van der Waals surface area contributed by atoms with Crippen LogP contribution >= 0.6 is 11.8 Å². The Kier molecular flexibility index (Phi) is 10.3. The van der Waals surface area contributed by atoms with Crippen LogP contribution in [0.15, 0.2) is 45.5 Å². The first kappa shape index (κ1) is 29.2. The fraction of sp³-hybridized carbons (Fsp3) is 0.370. The van der Waals surface area contributed by atoms with Crippen LogP contribution in [0.5, 0.6) is 0 Å². The topological polar surface area (TPSA) is 136 Å². The number of aryl methyl sites for hydroxylation is 1. The summed E-state index contributed by atoms with van der Waals surface area (Å²) in [7, 11) is 0. The number of rotatable bonds is 11. The molecule has 2 amide bonds. The van der Waals surface area contributed by atoms with Crippen molar-refractivity contribution in [2.24, 2.45) is 10.7 Å². The van der Waals surface area contributed by atoms with E-state index in [0.29, 0.717) is 39.7 Å². The first-order valence-corrected chi connectivity index (χ1v) is 13.4. The number of nitrogens with one attached hydrogen (secondary N) is 3. The van der Waals surface area contributed by atoms with Gasteiger partial charge in [0.05, 0.1) is 16.2 Å². The van der Waals surface area contributed by atoms with Gasteiger partial charge in [0.2, 0.25) is 0 Å². The zero-order valence-electron chi connectivity index (χ0n) is 22.2. The number of aliphatic hydroxyl groups is 1. The smallest absolute Gasteiger partial charge is 0.257 e. The number of likely N-dealkylation sites (N-methyl/N-ethyl adjacent to an activating group) is 1. The van der Waals surface area contributed by atoms with Crippen molar-refractivity contribution >= 4 is 40.4 Å². The Hall–Kier alpha value is -3.41. The first-order valence-electron chi connectivity index (χ1n) is 12.6. The van der Waals surface area contributed by atoms with E-state index in [0.717, 1.165) is 31.4 Å². The Morgan fingerprint density at radius 2 is 1.89 bits per heavy atom. The summed E-state index contributed by atoms with van der Waals surface area (Å²) in [5.74, 6) is -1.43. The van der Waals surface area contributed by atoms with Crippen LogP contribution in [0, 0.1) is 19.7 Å². The molecule has 1 aromatic carbocycles. The number of aliphatic imine (C=N–C) groups is 1. The molecule has 204 valence electrons. The number of aromatic nitrogens is 1. The fourth-order valence-corrected chi connectivity index (χ4v) is 5.12. The minimum atomic E-state index is -0.535. The predicted octanol–water partition coefficient (Wildman–Crippen LogP) is 3.55. The van der Waals surface area contributed by atoms with E-state index in [4.69, 9.17) is 5.73 Å². The summed E-state index contributed by atoms with van der Waals surface area (Å²) >= 11 is 1.08. The quantitative estimate of drug-likeness (QED) is 0.295. The van der Waals surface area contributed by atoms with Gasteiger partial charge in [-0.05, 0) is 56.8 Å². The van der Waals surface area contributed by atoms with Crippen LogP contribution in [-0.4, -0.2) is 71.1 Å². The van der Waals surface area contributed by atoms with E-state index in [-0.39, 0.29) is 35.4 Å². The monoisotopic (exact) mass is 542 g/mol. The van der Waals surface area contributed by atoms with Gasteiger partial charge in [-0.25, -0.2) is 9.38 Å². The van der Waals surface area contributed by atoms with E-state index in [9.17, 15) is 19.1 Å². The minimum absolute atomic E-state index is 0.0192. The van der Waals surface area contributed by atoms with Gasteiger partial charge in [-0.1, -0.05) is 31.7 Å². The molecule has 0 bridgehead atoms. The molecule has 1 aromatic heterocycles. The van der Waals surface area contributed by atoms with Gasteiger partial charge in [0.25, 0.3) is 11.8 Å². The van der Waals surface area contributed by atoms with E-state index in [2.05, 4.69) is 39.4 Å². The molecule has 0 saturated carbocycles. The van der Waals surface area contributed by atoms with Crippen molar-refractivity contribution in [1.82, 2.24) is 20.5 Å². The molecule has 11 heteroatoms. The van der Waals surface area contributed by atoms with Crippen LogP contribution < -0.4 is 16.4 Å². The summed E-state index contributed by atoms with van der Waals surface area (Å²) in [6.45, 7) is 11.4. The standard InChI is InChI=1S/C27H35FN6O3S/c1-5-34(6-2)13-12-31-25(36)22-16(3)20(32-17(22)4)15-21-24(35)23(26(37)30-11-10-29)27(38-21)33-19-9-7-8-18(28)14-19/h7-9,14-15,32,35H,5-6,10-13,29H2,1-4H3,(H,30,37)(H,31,36)/b21-15-,33-27?. The lowest BCUT2D eigenvalue weighted by Crippen LogP contribution is -2.35. The summed E-state index contributed by atoms with van der Waals surface area (Å²) in [6, 6.07) is 5.66. The average Bonchev–Trinajstić information content (AvgIpc) is 3.34. The number of benzene rings is 1. The van der Waals surface area contributed by atoms with Gasteiger partial charge < -0.3 is 31.4 Å². The summed E-state index contributed by atoms with van der Waals surface area (Å²) in [5.41, 5.74) is 8.37. The maximum Gasteiger partial charge on any atom is 0.257 e. The van der Waals surface area contributed by atoms with Crippen LogP contribution in [0.3, 0.4) is 0 Å². The molecule has 9 nitrogen and oxygen atoms in total. The number of halogens is 1. The van der Waals surface area contributed by atoms with Crippen molar-refractivity contribution in [3.63, 3.8) is 0 Å². The fourth-order valence-electron chi connectivity index (χ4n) is 4.09. The second-order valence-electron chi connectivity index (χ2n) is 8.72. The molecule has 0 aliphatic carbocycles. The summed E-state index contributed by atoms with van der Waals surface area (Å²) in [4.78, 5) is 36.0. The molecule has 0 fully saturated rings. The molecule has 1 aliphatic heterocycles. The van der Waals surface area contributed by atoms with Crippen LogP contribution in [0.4, 0.5) is 10.1 Å². The Morgan fingerprint density at radius 3 is 2.55 bits per heavy atom. The largest absolute Gasteiger partial charge is 0.506 e. The number of nitrogens with zero attached hydrogens (tertiary/aromatic N) is 2. The molecule has 0 saturated heterocycles. The van der Waals surface area contributed by atoms with Crippen LogP contribution in [0.25, 0.3) is 6.08 Å². The first-order chi connectivity index (χ1) is 18.2. The van der Waals surface area contributed by atoms with E-state index in [1.165, 1.54) is 18.2 Å². The van der Waals surface area contributed by atoms with Crippen LogP contribution in [0.2, 0.25) is 0 Å². The minimum Gasteiger partial charge on any atom is -0.506 e. The highest BCUT2D eigenvalue weighted by Gasteiger charge is 2.32. The second kappa shape index (κ2) is 13.4. The third kappa shape index (κ3) is 6.91. The number of thioether (sulfide) groups is 1. The molecular formula is C27H35FN6O3S. The Morgan fingerprint density at radius 1 is 1.18 bits per heavy atom. The molecule has 0 spiro atoms. The van der Waals surface area contributed by atoms with Gasteiger partial charge in [-0.3, -0.25) is 9.59 Å². The Bertz CT molecular complexity index is 1280. The lowest BCUT2D eigenvalue weighted by molar-refractivity contribution is -0.117. The molecular weight excluding hydrogens is 507 g/mol. The second-order valence-corrected chi connectivity index (χ2v) is 9.75. The molecule has 2 aromatic rings. The van der Waals surface area contributed by atoms with Gasteiger partial charge in [-0.15, -0.1) is 0 Å². The van der Waals surface area contributed by atoms with E-state index >= 15 is 0 Å². The third-order valence-electron chi connectivity index (χ3n) is 6.17. The van der Waals surface area contributed by atoms with E-state index in [1.54, 1.807) is 12.1 Å². The molecule has 0 atom stereocenters. The number of aliphatic hydroxyl groups excluding tert-OH is 1. The Balaban J connectivity index is 1.92. The van der Waals surface area contributed by atoms with Crippen molar-refractivity contribution in [2.75, 3.05) is 39.3 Å². The molecule has 0 radical (unpaired) electrons. The number of amides is 2.